The third kappa shape index (κ3) is 5.42. The van der Waals surface area contributed by atoms with Gasteiger partial charge in [0.2, 0.25) is 5.91 Å². The number of rotatable bonds is 7. The van der Waals surface area contributed by atoms with Crippen molar-refractivity contribution in [1.82, 2.24) is 4.90 Å². The van der Waals surface area contributed by atoms with Crippen LogP contribution in [0.1, 0.15) is 17.5 Å². The summed E-state index contributed by atoms with van der Waals surface area (Å²) < 4.78 is 5.28. The van der Waals surface area contributed by atoms with E-state index in [1.807, 2.05) is 50.4 Å². The van der Waals surface area contributed by atoms with Crippen LogP contribution in [0.15, 0.2) is 48.5 Å². The average Bonchev–Trinajstić information content (AvgIpc) is 2.54. The quantitative estimate of drug-likeness (QED) is 0.851. The van der Waals surface area contributed by atoms with Crippen molar-refractivity contribution in [2.45, 2.75) is 19.9 Å². The summed E-state index contributed by atoms with van der Waals surface area (Å²) in [7, 11) is 3.63. The van der Waals surface area contributed by atoms with Crippen LogP contribution in [-0.4, -0.2) is 31.5 Å². The molecule has 1 N–H and O–H groups in total. The summed E-state index contributed by atoms with van der Waals surface area (Å²) in [6, 6.07) is 16.0. The maximum absolute atomic E-state index is 12.2. The Morgan fingerprint density at radius 2 is 1.91 bits per heavy atom. The van der Waals surface area contributed by atoms with E-state index in [1.165, 1.54) is 5.56 Å². The number of amides is 1. The highest BCUT2D eigenvalue weighted by Crippen LogP contribution is 2.25. The molecule has 2 aromatic rings. The van der Waals surface area contributed by atoms with Crippen LogP contribution in [0, 0.1) is 6.92 Å². The molecular weight excluding hydrogens is 288 g/mol. The number of carbonyl (C=O) groups excluding carboxylic acids is 1. The Balaban J connectivity index is 1.84. The molecule has 1 amide bonds. The second-order valence-corrected chi connectivity index (χ2v) is 5.73. The normalized spacial score (nSPS) is 10.6. The van der Waals surface area contributed by atoms with Gasteiger partial charge in [0.1, 0.15) is 5.75 Å². The van der Waals surface area contributed by atoms with E-state index >= 15 is 0 Å². The molecule has 4 nitrogen and oxygen atoms in total. The second kappa shape index (κ2) is 8.34. The predicted molar refractivity (Wildman–Crippen MR) is 93.8 cm³/mol. The first-order valence-corrected chi connectivity index (χ1v) is 7.75. The summed E-state index contributed by atoms with van der Waals surface area (Å²) in [5.41, 5.74) is 3.06. The summed E-state index contributed by atoms with van der Waals surface area (Å²) >= 11 is 0. The maximum Gasteiger partial charge on any atom is 0.225 e. The lowest BCUT2D eigenvalue weighted by Gasteiger charge is -2.17. The van der Waals surface area contributed by atoms with Crippen molar-refractivity contribution in [2.24, 2.45) is 0 Å². The van der Waals surface area contributed by atoms with Gasteiger partial charge >= 0.3 is 0 Å². The summed E-state index contributed by atoms with van der Waals surface area (Å²) in [6.45, 7) is 3.53. The molecule has 0 aromatic heterocycles. The smallest absolute Gasteiger partial charge is 0.225 e. The summed E-state index contributed by atoms with van der Waals surface area (Å²) in [4.78, 5) is 14.3. The SMILES string of the molecule is COc1ccc(C)cc1NC(=O)CCN(C)Cc1ccccc1. The first kappa shape index (κ1) is 17.0. The van der Waals surface area contributed by atoms with E-state index in [1.54, 1.807) is 7.11 Å². The lowest BCUT2D eigenvalue weighted by molar-refractivity contribution is -0.116. The number of ether oxygens (including phenoxy) is 1. The molecule has 0 saturated heterocycles. The van der Waals surface area contributed by atoms with Crippen LogP contribution < -0.4 is 10.1 Å². The average molecular weight is 312 g/mol. The summed E-state index contributed by atoms with van der Waals surface area (Å²) in [5, 5.41) is 2.93. The molecule has 0 aliphatic carbocycles. The van der Waals surface area contributed by atoms with Crippen molar-refractivity contribution < 1.29 is 9.53 Å². The number of benzene rings is 2. The largest absolute Gasteiger partial charge is 0.495 e. The molecule has 0 spiro atoms. The van der Waals surface area contributed by atoms with Crippen molar-refractivity contribution >= 4 is 11.6 Å². The molecule has 0 bridgehead atoms. The van der Waals surface area contributed by atoms with Gasteiger partial charge in [-0.1, -0.05) is 36.4 Å². The standard InChI is InChI=1S/C19H24N2O2/c1-15-9-10-18(23-3)17(13-15)20-19(22)11-12-21(2)14-16-7-5-4-6-8-16/h4-10,13H,11-12,14H2,1-3H3,(H,20,22). The fraction of sp³-hybridized carbons (Fsp3) is 0.316. The van der Waals surface area contributed by atoms with Crippen molar-refractivity contribution in [3.8, 4) is 5.75 Å². The number of hydrogen-bond donors (Lipinski definition) is 1. The van der Waals surface area contributed by atoms with Crippen LogP contribution in [0.2, 0.25) is 0 Å². The van der Waals surface area contributed by atoms with Gasteiger partial charge in [-0.3, -0.25) is 4.79 Å². The number of carbonyl (C=O) groups is 1. The lowest BCUT2D eigenvalue weighted by atomic mass is 10.2. The van der Waals surface area contributed by atoms with Gasteiger partial charge in [0.05, 0.1) is 12.8 Å². The molecule has 0 heterocycles. The first-order valence-electron chi connectivity index (χ1n) is 7.75. The number of aryl methyl sites for hydroxylation is 1. The minimum absolute atomic E-state index is 0.00573. The summed E-state index contributed by atoms with van der Waals surface area (Å²) in [6.07, 6.45) is 0.445. The van der Waals surface area contributed by atoms with E-state index in [0.29, 0.717) is 18.7 Å². The fourth-order valence-electron chi connectivity index (χ4n) is 2.40. The third-order valence-electron chi connectivity index (χ3n) is 3.64. The zero-order valence-corrected chi connectivity index (χ0v) is 14.0. The van der Waals surface area contributed by atoms with Gasteiger partial charge in [0.15, 0.2) is 0 Å². The molecule has 0 unspecified atom stereocenters. The molecule has 23 heavy (non-hydrogen) atoms. The van der Waals surface area contributed by atoms with Crippen LogP contribution in [0.25, 0.3) is 0 Å². The molecule has 4 heteroatoms. The number of nitrogens with one attached hydrogen (secondary N) is 1. The number of nitrogens with zero attached hydrogens (tertiary/aromatic N) is 1. The van der Waals surface area contributed by atoms with Crippen LogP contribution in [0.5, 0.6) is 5.75 Å². The highest BCUT2D eigenvalue weighted by atomic mass is 16.5. The molecule has 122 valence electrons. The molecule has 0 fully saturated rings. The Morgan fingerprint density at radius 3 is 2.61 bits per heavy atom. The van der Waals surface area contributed by atoms with E-state index in [0.717, 1.165) is 17.8 Å². The minimum Gasteiger partial charge on any atom is -0.495 e. The van der Waals surface area contributed by atoms with Gasteiger partial charge in [-0.15, -0.1) is 0 Å². The van der Waals surface area contributed by atoms with Gasteiger partial charge < -0.3 is 15.0 Å². The number of hydrogen-bond acceptors (Lipinski definition) is 3. The first-order chi connectivity index (χ1) is 11.1. The van der Waals surface area contributed by atoms with Gasteiger partial charge in [-0.05, 0) is 37.2 Å². The Labute approximate surface area is 138 Å². The Kier molecular flexibility index (Phi) is 6.18. The molecule has 0 aliphatic rings. The van der Waals surface area contributed by atoms with Gasteiger partial charge in [0.25, 0.3) is 0 Å². The van der Waals surface area contributed by atoms with Crippen molar-refractivity contribution in [3.05, 3.63) is 59.7 Å². The minimum atomic E-state index is -0.00573. The second-order valence-electron chi connectivity index (χ2n) is 5.73. The predicted octanol–water partition coefficient (Wildman–Crippen LogP) is 3.46. The van der Waals surface area contributed by atoms with Gasteiger partial charge in [-0.25, -0.2) is 0 Å². The highest BCUT2D eigenvalue weighted by Gasteiger charge is 2.09. The maximum atomic E-state index is 12.2. The lowest BCUT2D eigenvalue weighted by Crippen LogP contribution is -2.24. The van der Waals surface area contributed by atoms with E-state index in [-0.39, 0.29) is 5.91 Å². The topological polar surface area (TPSA) is 41.6 Å². The Bertz CT molecular complexity index is 641. The number of anilines is 1. The Morgan fingerprint density at radius 1 is 1.17 bits per heavy atom. The monoisotopic (exact) mass is 312 g/mol. The van der Waals surface area contributed by atoms with E-state index in [9.17, 15) is 4.79 Å². The van der Waals surface area contributed by atoms with E-state index in [2.05, 4.69) is 22.3 Å². The fourth-order valence-corrected chi connectivity index (χ4v) is 2.40. The molecular formula is C19H24N2O2. The van der Waals surface area contributed by atoms with Crippen LogP contribution in [0.3, 0.4) is 0 Å². The van der Waals surface area contributed by atoms with E-state index in [4.69, 9.17) is 4.74 Å². The number of methoxy groups -OCH3 is 1. The third-order valence-corrected chi connectivity index (χ3v) is 3.64. The van der Waals surface area contributed by atoms with Crippen LogP contribution in [-0.2, 0) is 11.3 Å². The summed E-state index contributed by atoms with van der Waals surface area (Å²) in [5.74, 6) is 0.676. The van der Waals surface area contributed by atoms with Gasteiger partial charge in [-0.2, -0.15) is 0 Å². The Hall–Kier alpha value is -2.33. The zero-order valence-electron chi connectivity index (χ0n) is 14.0. The van der Waals surface area contributed by atoms with Crippen molar-refractivity contribution in [3.63, 3.8) is 0 Å². The molecule has 0 atom stereocenters. The molecule has 2 rings (SSSR count). The zero-order chi connectivity index (χ0) is 16.7. The van der Waals surface area contributed by atoms with Crippen LogP contribution in [0.4, 0.5) is 5.69 Å². The molecule has 0 saturated carbocycles. The van der Waals surface area contributed by atoms with Crippen LogP contribution >= 0.6 is 0 Å². The molecule has 0 aliphatic heterocycles. The molecule has 2 aromatic carbocycles. The van der Waals surface area contributed by atoms with Gasteiger partial charge in [0, 0.05) is 19.5 Å². The highest BCUT2D eigenvalue weighted by molar-refractivity contribution is 5.92. The van der Waals surface area contributed by atoms with E-state index < -0.39 is 0 Å². The van der Waals surface area contributed by atoms with Crippen molar-refractivity contribution in [2.75, 3.05) is 26.0 Å². The van der Waals surface area contributed by atoms with Crippen molar-refractivity contribution in [1.29, 1.82) is 0 Å². The molecule has 0 radical (unpaired) electrons.